The molecule has 0 aromatic heterocycles. The minimum Gasteiger partial charge on any atom is -0.357 e. The Labute approximate surface area is 175 Å². The van der Waals surface area contributed by atoms with Crippen LogP contribution in [0.3, 0.4) is 0 Å². The van der Waals surface area contributed by atoms with E-state index in [-0.39, 0.29) is 35.8 Å². The molecule has 1 unspecified atom stereocenters. The van der Waals surface area contributed by atoms with Crippen molar-refractivity contribution in [3.05, 3.63) is 0 Å². The number of sulfone groups is 1. The molecule has 1 heterocycles. The quantitative estimate of drug-likeness (QED) is 0.350. The predicted octanol–water partition coefficient (Wildman–Crippen LogP) is 2.95. The number of aliphatic imine (C=N–C) groups is 1. The number of halogens is 1. The van der Waals surface area contributed by atoms with Crippen LogP contribution in [0.5, 0.6) is 0 Å². The van der Waals surface area contributed by atoms with Crippen molar-refractivity contribution in [2.45, 2.75) is 64.3 Å². The van der Waals surface area contributed by atoms with Crippen LogP contribution in [-0.4, -0.2) is 45.0 Å². The van der Waals surface area contributed by atoms with E-state index in [9.17, 15) is 8.42 Å². The molecule has 0 radical (unpaired) electrons. The Balaban J connectivity index is 0.00000196. The summed E-state index contributed by atoms with van der Waals surface area (Å²) in [6.07, 6.45) is 10.7. The average molecular weight is 495 g/mol. The van der Waals surface area contributed by atoms with Crippen LogP contribution in [0.2, 0.25) is 0 Å². The maximum Gasteiger partial charge on any atom is 0.191 e. The highest BCUT2D eigenvalue weighted by molar-refractivity contribution is 14.0. The highest BCUT2D eigenvalue weighted by Crippen LogP contribution is 2.61. The van der Waals surface area contributed by atoms with Crippen LogP contribution in [0, 0.1) is 23.2 Å². The van der Waals surface area contributed by atoms with Gasteiger partial charge in [0.05, 0.1) is 11.5 Å². The summed E-state index contributed by atoms with van der Waals surface area (Å²) >= 11 is 0. The molecule has 1 aliphatic heterocycles. The predicted molar refractivity (Wildman–Crippen MR) is 117 cm³/mol. The lowest BCUT2D eigenvalue weighted by molar-refractivity contribution is -0.0556. The summed E-state index contributed by atoms with van der Waals surface area (Å²) in [5.74, 6) is 4.32. The first-order valence-electron chi connectivity index (χ1n) is 10.2. The van der Waals surface area contributed by atoms with Gasteiger partial charge in [-0.3, -0.25) is 4.99 Å². The first-order chi connectivity index (χ1) is 12.0. The highest BCUT2D eigenvalue weighted by atomic mass is 127. The standard InChI is InChI=1S/C19H33N3O2S.HI/c1-2-20-18(22-17-3-6-25(23,24)13-17)21-5-4-19-10-14-7-15(11-19)9-16(8-14)12-19;/h14-17H,2-13H2,1H3,(H2,20,21,22);1H. The van der Waals surface area contributed by atoms with Crippen molar-refractivity contribution in [3.8, 4) is 0 Å². The molecule has 5 nitrogen and oxygen atoms in total. The maximum absolute atomic E-state index is 11.7. The van der Waals surface area contributed by atoms with Crippen LogP contribution in [0.1, 0.15) is 58.3 Å². The Hall–Kier alpha value is -0.0500. The number of hydrogen-bond acceptors (Lipinski definition) is 3. The summed E-state index contributed by atoms with van der Waals surface area (Å²) in [5, 5.41) is 6.63. The summed E-state index contributed by atoms with van der Waals surface area (Å²) in [6, 6.07) is 0.0161. The van der Waals surface area contributed by atoms with Gasteiger partial charge in [0.2, 0.25) is 0 Å². The van der Waals surface area contributed by atoms with Gasteiger partial charge in [0.25, 0.3) is 0 Å². The van der Waals surface area contributed by atoms with E-state index < -0.39 is 9.84 Å². The summed E-state index contributed by atoms with van der Waals surface area (Å²) in [6.45, 7) is 3.73. The van der Waals surface area contributed by atoms with E-state index in [1.807, 2.05) is 0 Å². The zero-order valence-electron chi connectivity index (χ0n) is 15.9. The van der Waals surface area contributed by atoms with E-state index in [2.05, 4.69) is 17.6 Å². The van der Waals surface area contributed by atoms with E-state index >= 15 is 0 Å². The van der Waals surface area contributed by atoms with Gasteiger partial charge in [-0.2, -0.15) is 0 Å². The molecule has 0 aromatic carbocycles. The monoisotopic (exact) mass is 495 g/mol. The Morgan fingerprint density at radius 2 is 1.73 bits per heavy atom. The second-order valence-corrected chi connectivity index (χ2v) is 11.4. The Kier molecular flexibility index (Phi) is 6.47. The molecule has 150 valence electrons. The summed E-state index contributed by atoms with van der Waals surface area (Å²) in [4.78, 5) is 4.80. The third-order valence-electron chi connectivity index (χ3n) is 6.99. The van der Waals surface area contributed by atoms with Crippen molar-refractivity contribution in [2.75, 3.05) is 24.6 Å². The molecule has 26 heavy (non-hydrogen) atoms. The van der Waals surface area contributed by atoms with E-state index in [1.165, 1.54) is 44.9 Å². The van der Waals surface area contributed by atoms with Crippen molar-refractivity contribution in [1.29, 1.82) is 0 Å². The molecule has 5 aliphatic rings. The van der Waals surface area contributed by atoms with Crippen LogP contribution in [0.25, 0.3) is 0 Å². The van der Waals surface area contributed by atoms with Crippen LogP contribution in [-0.2, 0) is 9.84 Å². The van der Waals surface area contributed by atoms with Crippen LogP contribution in [0.4, 0.5) is 0 Å². The minimum atomic E-state index is -2.85. The van der Waals surface area contributed by atoms with Crippen molar-refractivity contribution < 1.29 is 8.42 Å². The molecule has 5 rings (SSSR count). The second kappa shape index (κ2) is 8.13. The van der Waals surface area contributed by atoms with E-state index in [1.54, 1.807) is 0 Å². The zero-order chi connectivity index (χ0) is 17.5. The maximum atomic E-state index is 11.7. The highest BCUT2D eigenvalue weighted by Gasteiger charge is 2.50. The van der Waals surface area contributed by atoms with E-state index in [4.69, 9.17) is 4.99 Å². The number of guanidine groups is 1. The molecule has 4 bridgehead atoms. The van der Waals surface area contributed by atoms with Crippen molar-refractivity contribution >= 4 is 39.8 Å². The van der Waals surface area contributed by atoms with E-state index in [0.29, 0.717) is 17.6 Å². The lowest BCUT2D eigenvalue weighted by atomic mass is 9.49. The van der Waals surface area contributed by atoms with Crippen molar-refractivity contribution in [3.63, 3.8) is 0 Å². The van der Waals surface area contributed by atoms with Crippen LogP contribution < -0.4 is 10.6 Å². The van der Waals surface area contributed by atoms with Crippen molar-refractivity contribution in [1.82, 2.24) is 10.6 Å². The number of nitrogens with one attached hydrogen (secondary N) is 2. The fraction of sp³-hybridized carbons (Fsp3) is 0.947. The van der Waals surface area contributed by atoms with Crippen LogP contribution >= 0.6 is 24.0 Å². The normalized spacial score (nSPS) is 40.3. The minimum absolute atomic E-state index is 0. The lowest BCUT2D eigenvalue weighted by Gasteiger charge is -2.57. The van der Waals surface area contributed by atoms with Gasteiger partial charge in [0.1, 0.15) is 0 Å². The third kappa shape index (κ3) is 4.67. The lowest BCUT2D eigenvalue weighted by Crippen LogP contribution is -2.46. The van der Waals surface area contributed by atoms with Gasteiger partial charge < -0.3 is 10.6 Å². The van der Waals surface area contributed by atoms with Gasteiger partial charge >= 0.3 is 0 Å². The Morgan fingerprint density at radius 1 is 1.12 bits per heavy atom. The molecule has 0 spiro atoms. The Bertz CT molecular complexity index is 599. The molecule has 1 saturated heterocycles. The smallest absolute Gasteiger partial charge is 0.191 e. The first kappa shape index (κ1) is 20.7. The topological polar surface area (TPSA) is 70.6 Å². The van der Waals surface area contributed by atoms with E-state index in [0.717, 1.165) is 36.8 Å². The number of hydrogen-bond donors (Lipinski definition) is 2. The van der Waals surface area contributed by atoms with Gasteiger partial charge in [0.15, 0.2) is 15.8 Å². The molecule has 1 atom stereocenters. The molecule has 7 heteroatoms. The number of rotatable bonds is 5. The molecule has 5 fully saturated rings. The van der Waals surface area contributed by atoms with Crippen molar-refractivity contribution in [2.24, 2.45) is 28.2 Å². The number of nitrogens with zero attached hydrogens (tertiary/aromatic N) is 1. The van der Waals surface area contributed by atoms with Crippen LogP contribution in [0.15, 0.2) is 4.99 Å². The average Bonchev–Trinajstić information content (AvgIpc) is 2.84. The van der Waals surface area contributed by atoms with Gasteiger partial charge in [-0.25, -0.2) is 8.42 Å². The summed E-state index contributed by atoms with van der Waals surface area (Å²) in [5.41, 5.74) is 0.562. The Morgan fingerprint density at radius 3 is 2.23 bits per heavy atom. The largest absolute Gasteiger partial charge is 0.357 e. The third-order valence-corrected chi connectivity index (χ3v) is 8.76. The fourth-order valence-electron chi connectivity index (χ4n) is 6.42. The fourth-order valence-corrected chi connectivity index (χ4v) is 8.10. The molecular formula is C19H34IN3O2S. The SMILES string of the molecule is CCNC(=NCCC12CC3CC(CC(C3)C1)C2)NC1CCS(=O)(=O)C1.I. The summed E-state index contributed by atoms with van der Waals surface area (Å²) < 4.78 is 23.3. The summed E-state index contributed by atoms with van der Waals surface area (Å²) in [7, 11) is -2.85. The second-order valence-electron chi connectivity index (χ2n) is 9.17. The van der Waals surface area contributed by atoms with Gasteiger partial charge in [-0.05, 0) is 81.5 Å². The van der Waals surface area contributed by atoms with Gasteiger partial charge in [-0.15, -0.1) is 24.0 Å². The molecule has 4 saturated carbocycles. The molecular weight excluding hydrogens is 461 g/mol. The molecule has 2 N–H and O–H groups in total. The zero-order valence-corrected chi connectivity index (χ0v) is 19.0. The molecule has 4 aliphatic carbocycles. The molecule has 0 aromatic rings. The first-order valence-corrected chi connectivity index (χ1v) is 12.0. The molecule has 0 amide bonds. The van der Waals surface area contributed by atoms with Gasteiger partial charge in [-0.1, -0.05) is 0 Å². The van der Waals surface area contributed by atoms with Gasteiger partial charge in [0, 0.05) is 19.1 Å².